The summed E-state index contributed by atoms with van der Waals surface area (Å²) in [5.41, 5.74) is 0. The maximum absolute atomic E-state index is 12.4. The highest BCUT2D eigenvalue weighted by Gasteiger charge is 2.33. The summed E-state index contributed by atoms with van der Waals surface area (Å²) in [6.07, 6.45) is 12.4. The van der Waals surface area contributed by atoms with Gasteiger partial charge in [0, 0.05) is 45.0 Å². The van der Waals surface area contributed by atoms with Crippen LogP contribution in [0.3, 0.4) is 0 Å². The van der Waals surface area contributed by atoms with Crippen LogP contribution in [0.5, 0.6) is 0 Å². The van der Waals surface area contributed by atoms with Crippen molar-refractivity contribution in [2.24, 2.45) is 5.92 Å². The van der Waals surface area contributed by atoms with Crippen LogP contribution in [0.2, 0.25) is 0 Å². The molecule has 2 aliphatic rings. The Bertz CT molecular complexity index is 483. The molecule has 0 aliphatic carbocycles. The van der Waals surface area contributed by atoms with Gasteiger partial charge in [-0.3, -0.25) is 4.79 Å². The summed E-state index contributed by atoms with van der Waals surface area (Å²) in [6.45, 7) is 4.43. The molecule has 23 heavy (non-hydrogen) atoms. The smallest absolute Gasteiger partial charge is 0.222 e. The maximum atomic E-state index is 12.4. The first-order valence-electron chi connectivity index (χ1n) is 9.33. The molecule has 0 bridgehead atoms. The van der Waals surface area contributed by atoms with E-state index in [1.54, 1.807) is 0 Å². The van der Waals surface area contributed by atoms with Gasteiger partial charge in [0.25, 0.3) is 0 Å². The number of rotatable bonds is 6. The average molecular weight is 317 g/mol. The van der Waals surface area contributed by atoms with Crippen LogP contribution >= 0.6 is 0 Å². The lowest BCUT2D eigenvalue weighted by molar-refractivity contribution is -0.131. The second kappa shape index (κ2) is 8.00. The SMILES string of the molecule is CN(CC1CCCN2CCCCC12)C(=O)CCCn1cccc1. The van der Waals surface area contributed by atoms with E-state index in [9.17, 15) is 4.79 Å². The molecule has 4 nitrogen and oxygen atoms in total. The van der Waals surface area contributed by atoms with E-state index in [-0.39, 0.29) is 0 Å². The quantitative estimate of drug-likeness (QED) is 0.807. The minimum Gasteiger partial charge on any atom is -0.354 e. The van der Waals surface area contributed by atoms with Gasteiger partial charge in [0.1, 0.15) is 0 Å². The third-order valence-corrected chi connectivity index (χ3v) is 5.64. The zero-order valence-electron chi connectivity index (χ0n) is 14.5. The van der Waals surface area contributed by atoms with E-state index < -0.39 is 0 Å². The lowest BCUT2D eigenvalue weighted by Gasteiger charge is -2.45. The molecule has 3 heterocycles. The third-order valence-electron chi connectivity index (χ3n) is 5.64. The molecule has 0 radical (unpaired) electrons. The monoisotopic (exact) mass is 317 g/mol. The van der Waals surface area contributed by atoms with Crippen molar-refractivity contribution >= 4 is 5.91 Å². The third kappa shape index (κ3) is 4.37. The van der Waals surface area contributed by atoms with Crippen molar-refractivity contribution in [2.75, 3.05) is 26.7 Å². The molecular formula is C19H31N3O. The summed E-state index contributed by atoms with van der Waals surface area (Å²) in [7, 11) is 2.00. The average Bonchev–Trinajstić information content (AvgIpc) is 3.08. The van der Waals surface area contributed by atoms with Crippen molar-refractivity contribution in [2.45, 2.75) is 57.5 Å². The van der Waals surface area contributed by atoms with Crippen molar-refractivity contribution in [1.29, 1.82) is 0 Å². The number of nitrogens with zero attached hydrogens (tertiary/aromatic N) is 3. The van der Waals surface area contributed by atoms with Crippen molar-refractivity contribution in [1.82, 2.24) is 14.4 Å². The number of amides is 1. The van der Waals surface area contributed by atoms with Gasteiger partial charge in [0.2, 0.25) is 5.91 Å². The zero-order valence-corrected chi connectivity index (χ0v) is 14.5. The second-order valence-corrected chi connectivity index (χ2v) is 7.30. The Labute approximate surface area is 140 Å². The normalized spacial score (nSPS) is 25.1. The van der Waals surface area contributed by atoms with E-state index in [0.29, 0.717) is 18.2 Å². The summed E-state index contributed by atoms with van der Waals surface area (Å²) in [5.74, 6) is 0.993. The fourth-order valence-corrected chi connectivity index (χ4v) is 4.37. The Kier molecular flexibility index (Phi) is 5.76. The largest absolute Gasteiger partial charge is 0.354 e. The number of hydrogen-bond acceptors (Lipinski definition) is 2. The molecule has 2 aliphatic heterocycles. The number of hydrogen-bond donors (Lipinski definition) is 0. The molecule has 1 amide bonds. The summed E-state index contributed by atoms with van der Waals surface area (Å²) >= 11 is 0. The van der Waals surface area contributed by atoms with Crippen LogP contribution in [0.1, 0.15) is 44.9 Å². The molecular weight excluding hydrogens is 286 g/mol. The van der Waals surface area contributed by atoms with E-state index in [4.69, 9.17) is 0 Å². The molecule has 0 aromatic carbocycles. The number of aromatic nitrogens is 1. The molecule has 0 N–H and O–H groups in total. The first kappa shape index (κ1) is 16.6. The Hall–Kier alpha value is -1.29. The molecule has 2 fully saturated rings. The molecule has 2 atom stereocenters. The van der Waals surface area contributed by atoms with E-state index in [1.165, 1.54) is 45.2 Å². The van der Waals surface area contributed by atoms with Crippen molar-refractivity contribution in [3.63, 3.8) is 0 Å². The van der Waals surface area contributed by atoms with Gasteiger partial charge >= 0.3 is 0 Å². The van der Waals surface area contributed by atoms with Gasteiger partial charge in [-0.05, 0) is 63.2 Å². The van der Waals surface area contributed by atoms with Gasteiger partial charge in [-0.2, -0.15) is 0 Å². The zero-order chi connectivity index (χ0) is 16.1. The number of aryl methyl sites for hydroxylation is 1. The highest BCUT2D eigenvalue weighted by atomic mass is 16.2. The first-order chi connectivity index (χ1) is 11.2. The van der Waals surface area contributed by atoms with Crippen molar-refractivity contribution in [3.05, 3.63) is 24.5 Å². The van der Waals surface area contributed by atoms with Crippen LogP contribution in [0, 0.1) is 5.92 Å². The van der Waals surface area contributed by atoms with Gasteiger partial charge in [-0.25, -0.2) is 0 Å². The molecule has 0 saturated carbocycles. The number of fused-ring (bicyclic) bond motifs is 1. The van der Waals surface area contributed by atoms with Gasteiger partial charge < -0.3 is 14.4 Å². The minimum absolute atomic E-state index is 0.310. The standard InChI is InChI=1S/C19H31N3O/c1-20(19(23)10-7-13-21-11-4-5-12-21)16-17-8-6-15-22-14-3-2-9-18(17)22/h4-5,11-12,17-18H,2-3,6-10,13-16H2,1H3. The molecule has 4 heteroatoms. The molecule has 1 aromatic rings. The summed E-state index contributed by atoms with van der Waals surface area (Å²) in [6, 6.07) is 4.80. The van der Waals surface area contributed by atoms with Gasteiger partial charge in [-0.1, -0.05) is 6.42 Å². The van der Waals surface area contributed by atoms with Crippen molar-refractivity contribution in [3.8, 4) is 0 Å². The first-order valence-corrected chi connectivity index (χ1v) is 9.33. The Balaban J connectivity index is 1.43. The van der Waals surface area contributed by atoms with Crippen LogP contribution in [-0.2, 0) is 11.3 Å². The predicted molar refractivity (Wildman–Crippen MR) is 93.2 cm³/mol. The van der Waals surface area contributed by atoms with Gasteiger partial charge in [0.15, 0.2) is 0 Å². The maximum Gasteiger partial charge on any atom is 0.222 e. The van der Waals surface area contributed by atoms with E-state index in [1.807, 2.05) is 24.1 Å². The van der Waals surface area contributed by atoms with E-state index in [2.05, 4.69) is 21.9 Å². The van der Waals surface area contributed by atoms with Crippen LogP contribution < -0.4 is 0 Å². The molecule has 128 valence electrons. The fraction of sp³-hybridized carbons (Fsp3) is 0.737. The summed E-state index contributed by atoms with van der Waals surface area (Å²) in [4.78, 5) is 17.1. The highest BCUT2D eigenvalue weighted by Crippen LogP contribution is 2.31. The molecule has 1 aromatic heterocycles. The van der Waals surface area contributed by atoms with Crippen LogP contribution in [0.25, 0.3) is 0 Å². The van der Waals surface area contributed by atoms with Crippen LogP contribution in [-0.4, -0.2) is 53.0 Å². The number of carbonyl (C=O) groups excluding carboxylic acids is 1. The molecule has 2 saturated heterocycles. The number of carbonyl (C=O) groups is 1. The second-order valence-electron chi connectivity index (χ2n) is 7.30. The molecule has 2 unspecified atom stereocenters. The Morgan fingerprint density at radius 2 is 1.91 bits per heavy atom. The minimum atomic E-state index is 0.310. The highest BCUT2D eigenvalue weighted by molar-refractivity contribution is 5.75. The fourth-order valence-electron chi connectivity index (χ4n) is 4.37. The summed E-state index contributed by atoms with van der Waals surface area (Å²) in [5, 5.41) is 0. The van der Waals surface area contributed by atoms with Crippen molar-refractivity contribution < 1.29 is 4.79 Å². The number of piperidine rings is 2. The predicted octanol–water partition coefficient (Wildman–Crippen LogP) is 2.99. The Morgan fingerprint density at radius 3 is 2.74 bits per heavy atom. The lowest BCUT2D eigenvalue weighted by Crippen LogP contribution is -2.51. The lowest BCUT2D eigenvalue weighted by atomic mass is 9.83. The van der Waals surface area contributed by atoms with Gasteiger partial charge in [-0.15, -0.1) is 0 Å². The van der Waals surface area contributed by atoms with Crippen LogP contribution in [0.4, 0.5) is 0 Å². The van der Waals surface area contributed by atoms with Gasteiger partial charge in [0.05, 0.1) is 0 Å². The van der Waals surface area contributed by atoms with E-state index >= 15 is 0 Å². The molecule has 0 spiro atoms. The topological polar surface area (TPSA) is 28.5 Å². The summed E-state index contributed by atoms with van der Waals surface area (Å²) < 4.78 is 2.15. The molecule has 3 rings (SSSR count). The van der Waals surface area contributed by atoms with Crippen LogP contribution in [0.15, 0.2) is 24.5 Å². The van der Waals surface area contributed by atoms with E-state index in [0.717, 1.165) is 25.6 Å². The Morgan fingerprint density at radius 1 is 1.13 bits per heavy atom.